The molecule has 0 aliphatic carbocycles. The van der Waals surface area contributed by atoms with E-state index in [0.29, 0.717) is 13.2 Å². The number of aliphatic imine (C=N–C) groups is 1. The van der Waals surface area contributed by atoms with Gasteiger partial charge in [-0.1, -0.05) is 18.2 Å². The summed E-state index contributed by atoms with van der Waals surface area (Å²) in [5, 5.41) is 13.2. The van der Waals surface area contributed by atoms with Gasteiger partial charge in [0.1, 0.15) is 6.33 Å². The lowest BCUT2D eigenvalue weighted by Crippen LogP contribution is -2.39. The molecule has 0 saturated carbocycles. The molecule has 0 amide bonds. The van der Waals surface area contributed by atoms with Gasteiger partial charge < -0.3 is 15.4 Å². The molecule has 2 aromatic rings. The van der Waals surface area contributed by atoms with Gasteiger partial charge in [-0.05, 0) is 25.5 Å². The van der Waals surface area contributed by atoms with Crippen LogP contribution in [0.3, 0.4) is 0 Å². The van der Waals surface area contributed by atoms with Gasteiger partial charge in [-0.15, -0.1) is 0 Å². The largest absolute Gasteiger partial charge is 0.380 e. The maximum Gasteiger partial charge on any atom is 0.191 e. The number of nitrogens with one attached hydrogen (secondary N) is 3. The molecular formula is C16H24N6O. The molecule has 0 fully saturated rings. The molecule has 0 aliphatic rings. The fraction of sp³-hybridized carbons (Fsp3) is 0.438. The highest BCUT2D eigenvalue weighted by molar-refractivity contribution is 5.79. The number of hydrogen-bond donors (Lipinski definition) is 3. The van der Waals surface area contributed by atoms with E-state index >= 15 is 0 Å². The first-order valence-corrected chi connectivity index (χ1v) is 7.88. The molecular weight excluding hydrogens is 292 g/mol. The lowest BCUT2D eigenvalue weighted by atomic mass is 10.1. The van der Waals surface area contributed by atoms with Crippen molar-refractivity contribution in [3.05, 3.63) is 36.2 Å². The number of aromatic amines is 1. The molecule has 0 unspecified atom stereocenters. The zero-order valence-corrected chi connectivity index (χ0v) is 13.7. The molecule has 0 spiro atoms. The van der Waals surface area contributed by atoms with Crippen LogP contribution in [0.15, 0.2) is 35.6 Å². The van der Waals surface area contributed by atoms with Crippen molar-refractivity contribution in [1.29, 1.82) is 0 Å². The van der Waals surface area contributed by atoms with Crippen molar-refractivity contribution >= 4 is 5.96 Å². The molecule has 7 heteroatoms. The van der Waals surface area contributed by atoms with Crippen LogP contribution in [0.2, 0.25) is 0 Å². The minimum absolute atomic E-state index is 0.589. The Morgan fingerprint density at radius 1 is 1.30 bits per heavy atom. The summed E-state index contributed by atoms with van der Waals surface area (Å²) in [5.74, 6) is 1.55. The first-order chi connectivity index (χ1) is 11.3. The Kier molecular flexibility index (Phi) is 7.06. The van der Waals surface area contributed by atoms with Crippen molar-refractivity contribution < 1.29 is 4.74 Å². The van der Waals surface area contributed by atoms with Gasteiger partial charge in [0.05, 0.1) is 13.2 Å². The number of hydrogen-bond acceptors (Lipinski definition) is 4. The van der Waals surface area contributed by atoms with Gasteiger partial charge in [-0.2, -0.15) is 5.10 Å². The second-order valence-corrected chi connectivity index (χ2v) is 4.85. The van der Waals surface area contributed by atoms with Crippen LogP contribution in [-0.4, -0.2) is 47.4 Å². The van der Waals surface area contributed by atoms with Crippen molar-refractivity contribution in [1.82, 2.24) is 25.8 Å². The smallest absolute Gasteiger partial charge is 0.191 e. The molecule has 1 heterocycles. The minimum atomic E-state index is 0.589. The van der Waals surface area contributed by atoms with E-state index in [1.807, 2.05) is 32.0 Å². The highest BCUT2D eigenvalue weighted by Crippen LogP contribution is 2.15. The summed E-state index contributed by atoms with van der Waals surface area (Å²) in [7, 11) is 0. The third-order valence-electron chi connectivity index (χ3n) is 3.12. The normalized spacial score (nSPS) is 11.5. The van der Waals surface area contributed by atoms with Crippen molar-refractivity contribution in [3.8, 4) is 11.4 Å². The topological polar surface area (TPSA) is 87.2 Å². The fourth-order valence-electron chi connectivity index (χ4n) is 2.06. The van der Waals surface area contributed by atoms with E-state index in [4.69, 9.17) is 4.74 Å². The Balaban J connectivity index is 1.96. The van der Waals surface area contributed by atoms with Crippen molar-refractivity contribution in [2.45, 2.75) is 20.4 Å². The number of benzene rings is 1. The lowest BCUT2D eigenvalue weighted by molar-refractivity contribution is 0.152. The summed E-state index contributed by atoms with van der Waals surface area (Å²) in [6.07, 6.45) is 1.51. The zero-order valence-electron chi connectivity index (χ0n) is 13.7. The van der Waals surface area contributed by atoms with Gasteiger partial charge in [-0.25, -0.2) is 9.98 Å². The summed E-state index contributed by atoms with van der Waals surface area (Å²) in [5.41, 5.74) is 2.12. The predicted molar refractivity (Wildman–Crippen MR) is 91.1 cm³/mol. The molecule has 0 radical (unpaired) electrons. The molecule has 0 atom stereocenters. The second kappa shape index (κ2) is 9.58. The highest BCUT2D eigenvalue weighted by atomic mass is 16.5. The Hall–Kier alpha value is -2.41. The number of rotatable bonds is 8. The van der Waals surface area contributed by atoms with Crippen LogP contribution in [0, 0.1) is 0 Å². The summed E-state index contributed by atoms with van der Waals surface area (Å²) in [4.78, 5) is 8.77. The number of aromatic nitrogens is 3. The highest BCUT2D eigenvalue weighted by Gasteiger charge is 2.02. The molecule has 23 heavy (non-hydrogen) atoms. The van der Waals surface area contributed by atoms with Crippen molar-refractivity contribution in [2.75, 3.05) is 26.3 Å². The van der Waals surface area contributed by atoms with E-state index in [-0.39, 0.29) is 0 Å². The van der Waals surface area contributed by atoms with Crippen LogP contribution in [0.25, 0.3) is 11.4 Å². The summed E-state index contributed by atoms with van der Waals surface area (Å²) < 4.78 is 5.32. The van der Waals surface area contributed by atoms with Crippen molar-refractivity contribution in [2.24, 2.45) is 4.99 Å². The van der Waals surface area contributed by atoms with E-state index < -0.39 is 0 Å². The maximum atomic E-state index is 5.32. The molecule has 1 aromatic heterocycles. The van der Waals surface area contributed by atoms with Crippen LogP contribution in [0.4, 0.5) is 0 Å². The second-order valence-electron chi connectivity index (χ2n) is 4.85. The molecule has 2 rings (SSSR count). The first kappa shape index (κ1) is 17.0. The number of nitrogens with zero attached hydrogens (tertiary/aromatic N) is 3. The molecule has 0 saturated heterocycles. The quantitative estimate of drug-likeness (QED) is 0.391. The molecule has 0 bridgehead atoms. The Morgan fingerprint density at radius 2 is 2.22 bits per heavy atom. The summed E-state index contributed by atoms with van der Waals surface area (Å²) >= 11 is 0. The van der Waals surface area contributed by atoms with Gasteiger partial charge in [0, 0.05) is 25.3 Å². The molecule has 3 N–H and O–H groups in total. The molecule has 7 nitrogen and oxygen atoms in total. The SMILES string of the molecule is CCNC(=NCc1cccc(-c2ncn[nH]2)c1)NCCOCC. The van der Waals surface area contributed by atoms with Crippen LogP contribution < -0.4 is 10.6 Å². The van der Waals surface area contributed by atoms with Crippen LogP contribution in [0.5, 0.6) is 0 Å². The van der Waals surface area contributed by atoms with E-state index in [9.17, 15) is 0 Å². The van der Waals surface area contributed by atoms with E-state index in [1.54, 1.807) is 0 Å². The van der Waals surface area contributed by atoms with Gasteiger partial charge in [0.2, 0.25) is 0 Å². The van der Waals surface area contributed by atoms with Gasteiger partial charge in [-0.3, -0.25) is 5.10 Å². The van der Waals surface area contributed by atoms with Crippen LogP contribution in [-0.2, 0) is 11.3 Å². The van der Waals surface area contributed by atoms with Crippen LogP contribution >= 0.6 is 0 Å². The van der Waals surface area contributed by atoms with Gasteiger partial charge >= 0.3 is 0 Å². The average Bonchev–Trinajstić information content (AvgIpc) is 3.11. The maximum absolute atomic E-state index is 5.32. The Bertz CT molecular complexity index is 596. The summed E-state index contributed by atoms with van der Waals surface area (Å²) in [6.45, 7) is 7.57. The van der Waals surface area contributed by atoms with Crippen molar-refractivity contribution in [3.63, 3.8) is 0 Å². The standard InChI is InChI=1S/C16H24N6O/c1-3-17-16(18-8-9-23-4-2)19-11-13-6-5-7-14(10-13)15-20-12-21-22-15/h5-7,10,12H,3-4,8-9,11H2,1-2H3,(H2,17,18,19)(H,20,21,22). The zero-order chi connectivity index (χ0) is 16.3. The monoisotopic (exact) mass is 316 g/mol. The number of H-pyrrole nitrogens is 1. The first-order valence-electron chi connectivity index (χ1n) is 7.88. The van der Waals surface area contributed by atoms with E-state index in [1.165, 1.54) is 6.33 Å². The van der Waals surface area contributed by atoms with Gasteiger partial charge in [0.15, 0.2) is 11.8 Å². The molecule has 1 aromatic carbocycles. The molecule has 0 aliphatic heterocycles. The van der Waals surface area contributed by atoms with Crippen LogP contribution in [0.1, 0.15) is 19.4 Å². The third kappa shape index (κ3) is 5.71. The molecule has 124 valence electrons. The third-order valence-corrected chi connectivity index (χ3v) is 3.12. The fourth-order valence-corrected chi connectivity index (χ4v) is 2.06. The number of ether oxygens (including phenoxy) is 1. The van der Waals surface area contributed by atoms with E-state index in [2.05, 4.69) is 36.9 Å². The number of guanidine groups is 1. The van der Waals surface area contributed by atoms with E-state index in [0.717, 1.165) is 42.6 Å². The lowest BCUT2D eigenvalue weighted by Gasteiger charge is -2.11. The minimum Gasteiger partial charge on any atom is -0.380 e. The van der Waals surface area contributed by atoms with Gasteiger partial charge in [0.25, 0.3) is 0 Å². The Morgan fingerprint density at radius 3 is 2.96 bits per heavy atom. The average molecular weight is 316 g/mol. The summed E-state index contributed by atoms with van der Waals surface area (Å²) in [6, 6.07) is 8.11. The Labute approximate surface area is 136 Å². The predicted octanol–water partition coefficient (Wildman–Crippen LogP) is 1.56.